The maximum absolute atomic E-state index is 12.1. The van der Waals surface area contributed by atoms with Gasteiger partial charge in [0.2, 0.25) is 12.7 Å². The van der Waals surface area contributed by atoms with Gasteiger partial charge in [-0.2, -0.15) is 0 Å². The van der Waals surface area contributed by atoms with Crippen LogP contribution in [-0.2, 0) is 9.53 Å². The van der Waals surface area contributed by atoms with Gasteiger partial charge in [0.25, 0.3) is 0 Å². The molecule has 2 aromatic carbocycles. The number of pyridine rings is 1. The standard InChI is InChI=1S/C20H15NO5/c1-23-19(22)8-12-13-7-17-18(25-10-24-17)9-16(13)26-20-14(12)6-11-4-2-3-5-15(11)21-20/h2-7,9,12H,8,10H2,1H3/t12-/m0/s1. The molecule has 26 heavy (non-hydrogen) atoms. The van der Waals surface area contributed by atoms with E-state index in [-0.39, 0.29) is 25.1 Å². The Hall–Kier alpha value is -3.28. The molecule has 0 unspecified atom stereocenters. The number of esters is 1. The third-order valence-electron chi connectivity index (χ3n) is 4.78. The normalized spacial score (nSPS) is 16.6. The summed E-state index contributed by atoms with van der Waals surface area (Å²) >= 11 is 0. The fourth-order valence-corrected chi connectivity index (χ4v) is 3.49. The number of carbonyl (C=O) groups is 1. The average Bonchev–Trinajstić information content (AvgIpc) is 3.12. The minimum absolute atomic E-state index is 0.176. The Morgan fingerprint density at radius 2 is 1.92 bits per heavy atom. The molecule has 2 aliphatic rings. The molecular weight excluding hydrogens is 334 g/mol. The third kappa shape index (κ3) is 2.26. The summed E-state index contributed by atoms with van der Waals surface area (Å²) in [5.41, 5.74) is 2.57. The van der Waals surface area contributed by atoms with Gasteiger partial charge in [0.05, 0.1) is 19.0 Å². The lowest BCUT2D eigenvalue weighted by Crippen LogP contribution is -2.16. The summed E-state index contributed by atoms with van der Waals surface area (Å²) in [4.78, 5) is 16.7. The quantitative estimate of drug-likeness (QED) is 0.656. The maximum Gasteiger partial charge on any atom is 0.306 e. The van der Waals surface area contributed by atoms with Gasteiger partial charge in [-0.05, 0) is 18.2 Å². The lowest BCUT2D eigenvalue weighted by molar-refractivity contribution is -0.140. The van der Waals surface area contributed by atoms with E-state index in [1.54, 1.807) is 6.07 Å². The first kappa shape index (κ1) is 15.0. The molecule has 0 bridgehead atoms. The number of hydrogen-bond acceptors (Lipinski definition) is 6. The molecule has 6 heteroatoms. The Morgan fingerprint density at radius 1 is 1.12 bits per heavy atom. The van der Waals surface area contributed by atoms with Crippen LogP contribution in [0.3, 0.4) is 0 Å². The second-order valence-corrected chi connectivity index (χ2v) is 6.25. The number of hydrogen-bond donors (Lipinski definition) is 0. The zero-order chi connectivity index (χ0) is 17.7. The van der Waals surface area contributed by atoms with Crippen LogP contribution in [0.15, 0.2) is 42.5 Å². The number of carbonyl (C=O) groups excluding carboxylic acids is 1. The number of rotatable bonds is 2. The van der Waals surface area contributed by atoms with E-state index < -0.39 is 0 Å². The topological polar surface area (TPSA) is 66.9 Å². The summed E-state index contributed by atoms with van der Waals surface area (Å²) in [7, 11) is 1.39. The van der Waals surface area contributed by atoms with Crippen LogP contribution in [0.5, 0.6) is 23.1 Å². The molecule has 0 fully saturated rings. The second-order valence-electron chi connectivity index (χ2n) is 6.25. The van der Waals surface area contributed by atoms with E-state index in [2.05, 4.69) is 4.98 Å². The Morgan fingerprint density at radius 3 is 2.77 bits per heavy atom. The molecule has 1 aromatic heterocycles. The molecule has 3 heterocycles. The summed E-state index contributed by atoms with van der Waals surface area (Å²) in [6.07, 6.45) is 0.194. The third-order valence-corrected chi connectivity index (χ3v) is 4.78. The van der Waals surface area contributed by atoms with E-state index in [4.69, 9.17) is 18.9 Å². The van der Waals surface area contributed by atoms with Crippen LogP contribution in [0, 0.1) is 0 Å². The predicted octanol–water partition coefficient (Wildman–Crippen LogP) is 3.76. The molecular formula is C20H15NO5. The molecule has 6 nitrogen and oxygen atoms in total. The van der Waals surface area contributed by atoms with Crippen LogP contribution in [-0.4, -0.2) is 24.9 Å². The van der Waals surface area contributed by atoms with E-state index in [0.29, 0.717) is 23.1 Å². The molecule has 3 aromatic rings. The van der Waals surface area contributed by atoms with Crippen molar-refractivity contribution < 1.29 is 23.7 Å². The van der Waals surface area contributed by atoms with Gasteiger partial charge >= 0.3 is 5.97 Å². The number of para-hydroxylation sites is 1. The van der Waals surface area contributed by atoms with Crippen molar-refractivity contribution in [3.8, 4) is 23.1 Å². The van der Waals surface area contributed by atoms with Gasteiger partial charge in [-0.25, -0.2) is 4.98 Å². The first-order chi connectivity index (χ1) is 12.7. The summed E-state index contributed by atoms with van der Waals surface area (Å²) in [6, 6.07) is 13.5. The Kier molecular flexibility index (Phi) is 3.25. The molecule has 5 rings (SSSR count). The summed E-state index contributed by atoms with van der Waals surface area (Å²) in [5, 5.41) is 0.994. The van der Waals surface area contributed by atoms with Crippen LogP contribution in [0.25, 0.3) is 10.9 Å². The molecule has 0 saturated carbocycles. The fourth-order valence-electron chi connectivity index (χ4n) is 3.49. The van der Waals surface area contributed by atoms with E-state index in [9.17, 15) is 4.79 Å². The summed E-state index contributed by atoms with van der Waals surface area (Å²) in [6.45, 7) is 0.176. The number of aromatic nitrogens is 1. The number of ether oxygens (including phenoxy) is 4. The smallest absolute Gasteiger partial charge is 0.306 e. The van der Waals surface area contributed by atoms with Crippen LogP contribution in [0.1, 0.15) is 23.5 Å². The van der Waals surface area contributed by atoms with Gasteiger partial charge in [-0.15, -0.1) is 0 Å². The molecule has 2 aliphatic heterocycles. The van der Waals surface area contributed by atoms with E-state index >= 15 is 0 Å². The SMILES string of the molecule is COC(=O)C[C@H]1c2cc3c(cc2Oc2nc4ccccc4cc21)OCO3. The number of methoxy groups -OCH3 is 1. The molecule has 0 radical (unpaired) electrons. The van der Waals surface area contributed by atoms with Crippen molar-refractivity contribution >= 4 is 16.9 Å². The van der Waals surface area contributed by atoms with Crippen molar-refractivity contribution in [3.05, 3.63) is 53.6 Å². The zero-order valence-electron chi connectivity index (χ0n) is 14.0. The highest BCUT2D eigenvalue weighted by Gasteiger charge is 2.33. The molecule has 0 aliphatic carbocycles. The van der Waals surface area contributed by atoms with Crippen LogP contribution in [0.4, 0.5) is 0 Å². The van der Waals surface area contributed by atoms with E-state index in [0.717, 1.165) is 22.0 Å². The number of fused-ring (bicyclic) bond motifs is 4. The molecule has 0 saturated heterocycles. The highest BCUT2D eigenvalue weighted by Crippen LogP contribution is 2.50. The Labute approximate surface area is 149 Å². The number of benzene rings is 2. The van der Waals surface area contributed by atoms with Crippen LogP contribution < -0.4 is 14.2 Å². The lowest BCUT2D eigenvalue weighted by atomic mass is 9.86. The fraction of sp³-hybridized carbons (Fsp3) is 0.200. The minimum Gasteiger partial charge on any atom is -0.469 e. The molecule has 0 spiro atoms. The van der Waals surface area contributed by atoms with Gasteiger partial charge in [-0.3, -0.25) is 4.79 Å². The van der Waals surface area contributed by atoms with Crippen molar-refractivity contribution in [2.24, 2.45) is 0 Å². The first-order valence-corrected chi connectivity index (χ1v) is 8.31. The van der Waals surface area contributed by atoms with Crippen molar-refractivity contribution in [1.82, 2.24) is 4.98 Å². The molecule has 130 valence electrons. The molecule has 1 atom stereocenters. The average molecular weight is 349 g/mol. The van der Waals surface area contributed by atoms with E-state index in [1.165, 1.54) is 7.11 Å². The predicted molar refractivity (Wildman–Crippen MR) is 92.9 cm³/mol. The van der Waals surface area contributed by atoms with Gasteiger partial charge in [0.1, 0.15) is 5.75 Å². The minimum atomic E-state index is -0.292. The Balaban J connectivity index is 1.71. The summed E-state index contributed by atoms with van der Waals surface area (Å²) < 4.78 is 21.9. The van der Waals surface area contributed by atoms with Gasteiger partial charge in [0.15, 0.2) is 11.5 Å². The second kappa shape index (κ2) is 5.62. The first-order valence-electron chi connectivity index (χ1n) is 8.31. The van der Waals surface area contributed by atoms with Gasteiger partial charge < -0.3 is 18.9 Å². The summed E-state index contributed by atoms with van der Waals surface area (Å²) in [5.74, 6) is 1.89. The van der Waals surface area contributed by atoms with Crippen molar-refractivity contribution in [2.75, 3.05) is 13.9 Å². The maximum atomic E-state index is 12.1. The van der Waals surface area contributed by atoms with Crippen molar-refractivity contribution in [3.63, 3.8) is 0 Å². The van der Waals surface area contributed by atoms with Crippen molar-refractivity contribution in [2.45, 2.75) is 12.3 Å². The highest BCUT2D eigenvalue weighted by atomic mass is 16.7. The number of nitrogens with zero attached hydrogens (tertiary/aromatic N) is 1. The molecule has 0 amide bonds. The molecule has 0 N–H and O–H groups in total. The monoisotopic (exact) mass is 349 g/mol. The lowest BCUT2D eigenvalue weighted by Gasteiger charge is -2.27. The highest BCUT2D eigenvalue weighted by molar-refractivity contribution is 5.82. The van der Waals surface area contributed by atoms with Crippen molar-refractivity contribution in [1.29, 1.82) is 0 Å². The van der Waals surface area contributed by atoms with E-state index in [1.807, 2.05) is 36.4 Å². The van der Waals surface area contributed by atoms with Crippen LogP contribution >= 0.6 is 0 Å². The van der Waals surface area contributed by atoms with Gasteiger partial charge in [0, 0.05) is 28.5 Å². The Bertz CT molecular complexity index is 1050. The van der Waals surface area contributed by atoms with Gasteiger partial charge in [-0.1, -0.05) is 18.2 Å². The van der Waals surface area contributed by atoms with Crippen LogP contribution in [0.2, 0.25) is 0 Å². The largest absolute Gasteiger partial charge is 0.469 e. The zero-order valence-corrected chi connectivity index (χ0v) is 14.0.